The van der Waals surface area contributed by atoms with Crippen molar-refractivity contribution in [3.8, 4) is 0 Å². The number of para-hydroxylation sites is 2. The molecule has 2 N–H and O–H groups in total. The first-order valence-electron chi connectivity index (χ1n) is 11.5. The van der Waals surface area contributed by atoms with Gasteiger partial charge in [0.1, 0.15) is 0 Å². The standard InChI is InChI=1S/C26H29N3O2/c30-23-17-9-15-21-24(23)25(18-10-3-1-4-11-18)29(22-16-8-7-14-20(22)28-21)26(31)27-19-12-5-2-6-13-19/h1,3-4,7-8,10-11,14,16,19,25,28H,2,5-6,9,12-13,15,17H2,(H,27,31). The van der Waals surface area contributed by atoms with Gasteiger partial charge in [-0.1, -0.05) is 61.7 Å². The second-order valence-electron chi connectivity index (χ2n) is 8.78. The van der Waals surface area contributed by atoms with Gasteiger partial charge in [-0.05, 0) is 43.4 Å². The maximum atomic E-state index is 13.8. The van der Waals surface area contributed by atoms with Crippen LogP contribution in [-0.4, -0.2) is 17.9 Å². The molecule has 160 valence electrons. The summed E-state index contributed by atoms with van der Waals surface area (Å²) >= 11 is 0. The van der Waals surface area contributed by atoms with E-state index in [-0.39, 0.29) is 17.9 Å². The third-order valence-corrected chi connectivity index (χ3v) is 6.70. The van der Waals surface area contributed by atoms with Crippen molar-refractivity contribution in [1.82, 2.24) is 5.32 Å². The Kier molecular flexibility index (Phi) is 5.49. The highest BCUT2D eigenvalue weighted by atomic mass is 16.2. The molecule has 5 nitrogen and oxygen atoms in total. The summed E-state index contributed by atoms with van der Waals surface area (Å²) in [6, 6.07) is 17.5. The molecule has 3 aliphatic rings. The number of urea groups is 1. The molecule has 0 spiro atoms. The molecule has 1 atom stereocenters. The summed E-state index contributed by atoms with van der Waals surface area (Å²) in [5, 5.41) is 6.81. The molecule has 1 fully saturated rings. The van der Waals surface area contributed by atoms with Crippen molar-refractivity contribution in [3.63, 3.8) is 0 Å². The van der Waals surface area contributed by atoms with Crippen LogP contribution in [-0.2, 0) is 4.79 Å². The molecule has 0 bridgehead atoms. The molecule has 0 saturated heterocycles. The van der Waals surface area contributed by atoms with Crippen LogP contribution in [0.1, 0.15) is 63.0 Å². The Labute approximate surface area is 183 Å². The molecule has 5 heteroatoms. The molecule has 31 heavy (non-hydrogen) atoms. The van der Waals surface area contributed by atoms with E-state index in [1.807, 2.05) is 59.5 Å². The second-order valence-corrected chi connectivity index (χ2v) is 8.78. The van der Waals surface area contributed by atoms with E-state index in [2.05, 4.69) is 10.6 Å². The van der Waals surface area contributed by atoms with Crippen molar-refractivity contribution in [2.75, 3.05) is 10.2 Å². The van der Waals surface area contributed by atoms with Gasteiger partial charge in [-0.3, -0.25) is 9.69 Å². The molecule has 1 heterocycles. The molecule has 2 aliphatic carbocycles. The third kappa shape index (κ3) is 3.85. The number of fused-ring (bicyclic) bond motifs is 1. The first-order valence-corrected chi connectivity index (χ1v) is 11.5. The van der Waals surface area contributed by atoms with Crippen LogP contribution in [0.25, 0.3) is 0 Å². The number of carbonyl (C=O) groups is 2. The van der Waals surface area contributed by atoms with Gasteiger partial charge in [0.2, 0.25) is 0 Å². The summed E-state index contributed by atoms with van der Waals surface area (Å²) in [6.45, 7) is 0. The quantitative estimate of drug-likeness (QED) is 0.660. The summed E-state index contributed by atoms with van der Waals surface area (Å²) in [6.07, 6.45) is 7.75. The van der Waals surface area contributed by atoms with Crippen molar-refractivity contribution in [1.29, 1.82) is 0 Å². The molecule has 1 aliphatic heterocycles. The number of anilines is 2. The number of nitrogens with one attached hydrogen (secondary N) is 2. The van der Waals surface area contributed by atoms with Gasteiger partial charge >= 0.3 is 6.03 Å². The largest absolute Gasteiger partial charge is 0.357 e. The number of allylic oxidation sites excluding steroid dienone is 1. The molecule has 2 aromatic carbocycles. The number of amides is 2. The van der Waals surface area contributed by atoms with E-state index in [0.29, 0.717) is 6.42 Å². The highest BCUT2D eigenvalue weighted by molar-refractivity contribution is 6.05. The topological polar surface area (TPSA) is 61.4 Å². The van der Waals surface area contributed by atoms with Crippen LogP contribution in [0.4, 0.5) is 16.2 Å². The predicted molar refractivity (Wildman–Crippen MR) is 123 cm³/mol. The molecule has 2 amide bonds. The average Bonchev–Trinajstić information content (AvgIpc) is 2.95. The van der Waals surface area contributed by atoms with Gasteiger partial charge < -0.3 is 10.6 Å². The number of ketones is 1. The van der Waals surface area contributed by atoms with Crippen molar-refractivity contribution >= 4 is 23.2 Å². The van der Waals surface area contributed by atoms with Crippen molar-refractivity contribution in [2.24, 2.45) is 0 Å². The Morgan fingerprint density at radius 2 is 1.65 bits per heavy atom. The number of Topliss-reactive ketones (excluding diaryl/α,β-unsaturated/α-hetero) is 1. The van der Waals surface area contributed by atoms with Gasteiger partial charge in [-0.25, -0.2) is 4.79 Å². The van der Waals surface area contributed by atoms with Gasteiger partial charge in [-0.15, -0.1) is 0 Å². The fraction of sp³-hybridized carbons (Fsp3) is 0.385. The first kappa shape index (κ1) is 19.9. The van der Waals surface area contributed by atoms with Crippen LogP contribution < -0.4 is 15.5 Å². The van der Waals surface area contributed by atoms with Crippen molar-refractivity contribution in [2.45, 2.75) is 63.5 Å². The summed E-state index contributed by atoms with van der Waals surface area (Å²) in [4.78, 5) is 28.8. The zero-order valence-electron chi connectivity index (χ0n) is 17.8. The molecule has 2 aromatic rings. The Bertz CT molecular complexity index is 1010. The van der Waals surface area contributed by atoms with Crippen LogP contribution in [0.2, 0.25) is 0 Å². The smallest absolute Gasteiger partial charge is 0.323 e. The SMILES string of the molecule is O=C1CCCC2=C1C(c1ccccc1)N(C(=O)NC1CCCCC1)c1ccccc1N2. The van der Waals surface area contributed by atoms with Crippen LogP contribution in [0.3, 0.4) is 0 Å². The van der Waals surface area contributed by atoms with Gasteiger partial charge in [0, 0.05) is 23.7 Å². The van der Waals surface area contributed by atoms with Crippen LogP contribution in [0.5, 0.6) is 0 Å². The summed E-state index contributed by atoms with van der Waals surface area (Å²) in [7, 11) is 0. The van der Waals surface area contributed by atoms with E-state index in [1.165, 1.54) is 6.42 Å². The number of nitrogens with zero attached hydrogens (tertiary/aromatic N) is 1. The molecule has 1 unspecified atom stereocenters. The minimum atomic E-state index is -0.441. The molecular formula is C26H29N3O2. The maximum absolute atomic E-state index is 13.8. The van der Waals surface area contributed by atoms with Crippen molar-refractivity contribution < 1.29 is 9.59 Å². The summed E-state index contributed by atoms with van der Waals surface area (Å²) < 4.78 is 0. The van der Waals surface area contributed by atoms with Gasteiger partial charge in [0.25, 0.3) is 0 Å². The Morgan fingerprint density at radius 1 is 0.903 bits per heavy atom. The number of rotatable bonds is 2. The highest BCUT2D eigenvalue weighted by Crippen LogP contribution is 2.44. The molecule has 0 radical (unpaired) electrons. The normalized spacial score (nSPS) is 21.6. The molecular weight excluding hydrogens is 386 g/mol. The van der Waals surface area contributed by atoms with E-state index in [0.717, 1.165) is 66.7 Å². The van der Waals surface area contributed by atoms with E-state index < -0.39 is 6.04 Å². The Hall–Kier alpha value is -3.08. The highest BCUT2D eigenvalue weighted by Gasteiger charge is 2.39. The Morgan fingerprint density at radius 3 is 2.45 bits per heavy atom. The lowest BCUT2D eigenvalue weighted by Gasteiger charge is -2.35. The fourth-order valence-corrected chi connectivity index (χ4v) is 5.20. The minimum Gasteiger partial charge on any atom is -0.357 e. The number of carbonyl (C=O) groups excluding carboxylic acids is 2. The zero-order valence-corrected chi connectivity index (χ0v) is 17.8. The zero-order chi connectivity index (χ0) is 21.2. The third-order valence-electron chi connectivity index (χ3n) is 6.70. The van der Waals surface area contributed by atoms with Gasteiger partial charge in [0.15, 0.2) is 5.78 Å². The van der Waals surface area contributed by atoms with E-state index in [1.54, 1.807) is 0 Å². The van der Waals surface area contributed by atoms with Crippen LogP contribution in [0.15, 0.2) is 65.9 Å². The van der Waals surface area contributed by atoms with E-state index in [9.17, 15) is 9.59 Å². The lowest BCUT2D eigenvalue weighted by Crippen LogP contribution is -2.48. The monoisotopic (exact) mass is 415 g/mol. The van der Waals surface area contributed by atoms with Crippen LogP contribution >= 0.6 is 0 Å². The van der Waals surface area contributed by atoms with E-state index >= 15 is 0 Å². The van der Waals surface area contributed by atoms with Gasteiger partial charge in [0.05, 0.1) is 17.4 Å². The lowest BCUT2D eigenvalue weighted by atomic mass is 9.86. The average molecular weight is 416 g/mol. The number of benzene rings is 2. The minimum absolute atomic E-state index is 0.123. The van der Waals surface area contributed by atoms with Gasteiger partial charge in [-0.2, -0.15) is 0 Å². The lowest BCUT2D eigenvalue weighted by molar-refractivity contribution is -0.116. The number of hydrogen-bond donors (Lipinski definition) is 2. The molecule has 5 rings (SSSR count). The van der Waals surface area contributed by atoms with E-state index in [4.69, 9.17) is 0 Å². The Balaban J connectivity index is 1.64. The second kappa shape index (κ2) is 8.58. The predicted octanol–water partition coefficient (Wildman–Crippen LogP) is 5.71. The molecule has 0 aromatic heterocycles. The molecule has 1 saturated carbocycles. The van der Waals surface area contributed by atoms with Crippen molar-refractivity contribution in [3.05, 3.63) is 71.4 Å². The summed E-state index contributed by atoms with van der Waals surface area (Å²) in [5.74, 6) is 0.130. The fourth-order valence-electron chi connectivity index (χ4n) is 5.20. The number of hydrogen-bond acceptors (Lipinski definition) is 3. The first-order chi connectivity index (χ1) is 15.2. The maximum Gasteiger partial charge on any atom is 0.323 e. The van der Waals surface area contributed by atoms with Crippen LogP contribution in [0, 0.1) is 0 Å². The summed E-state index contributed by atoms with van der Waals surface area (Å²) in [5.41, 5.74) is 4.33.